The molecule has 4 heteroatoms. The molecule has 1 saturated carbocycles. The lowest BCUT2D eigenvalue weighted by Gasteiger charge is -2.24. The second-order valence-electron chi connectivity index (χ2n) is 5.70. The first-order valence-electron chi connectivity index (χ1n) is 8.01. The minimum Gasteiger partial charge on any atom is -0.384 e. The van der Waals surface area contributed by atoms with Gasteiger partial charge in [-0.3, -0.25) is 4.79 Å². The van der Waals surface area contributed by atoms with Crippen molar-refractivity contribution in [1.82, 2.24) is 4.90 Å². The number of hydrogen-bond donors (Lipinski definition) is 1. The topological polar surface area (TPSA) is 32.3 Å². The van der Waals surface area contributed by atoms with Gasteiger partial charge in [-0.25, -0.2) is 0 Å². The molecule has 1 aliphatic rings. The van der Waals surface area contributed by atoms with Gasteiger partial charge >= 0.3 is 0 Å². The van der Waals surface area contributed by atoms with Crippen LogP contribution in [0.4, 0.5) is 5.69 Å². The van der Waals surface area contributed by atoms with E-state index in [9.17, 15) is 4.79 Å². The fourth-order valence-corrected chi connectivity index (χ4v) is 2.60. The van der Waals surface area contributed by atoms with E-state index in [1.54, 1.807) is 6.07 Å². The summed E-state index contributed by atoms with van der Waals surface area (Å²) in [5.41, 5.74) is 1.60. The van der Waals surface area contributed by atoms with Crippen LogP contribution in [0.2, 0.25) is 5.02 Å². The van der Waals surface area contributed by atoms with Crippen molar-refractivity contribution < 1.29 is 4.79 Å². The highest BCUT2D eigenvalue weighted by atomic mass is 35.5. The summed E-state index contributed by atoms with van der Waals surface area (Å²) in [6, 6.07) is 5.98. The number of benzene rings is 1. The normalized spacial score (nSPS) is 14.0. The van der Waals surface area contributed by atoms with E-state index in [1.807, 2.05) is 17.0 Å². The Hall–Kier alpha value is -1.22. The first-order valence-corrected chi connectivity index (χ1v) is 8.39. The van der Waals surface area contributed by atoms with Crippen molar-refractivity contribution in [3.05, 3.63) is 28.8 Å². The summed E-state index contributed by atoms with van der Waals surface area (Å²) in [4.78, 5) is 14.9. The zero-order valence-electron chi connectivity index (χ0n) is 13.0. The number of halogens is 1. The van der Waals surface area contributed by atoms with Crippen molar-refractivity contribution in [3.63, 3.8) is 0 Å². The number of carbonyl (C=O) groups is 1. The minimum absolute atomic E-state index is 0.118. The van der Waals surface area contributed by atoms with Crippen LogP contribution in [0, 0.1) is 0 Å². The summed E-state index contributed by atoms with van der Waals surface area (Å²) in [6.45, 7) is 5.98. The maximum absolute atomic E-state index is 12.9. The Kier molecular flexibility index (Phi) is 5.92. The Morgan fingerprint density at radius 3 is 2.71 bits per heavy atom. The van der Waals surface area contributed by atoms with Crippen LogP contribution < -0.4 is 5.32 Å². The number of nitrogens with one attached hydrogen (secondary N) is 1. The zero-order chi connectivity index (χ0) is 15.2. The molecule has 1 amide bonds. The second kappa shape index (κ2) is 7.69. The van der Waals surface area contributed by atoms with E-state index in [0.717, 1.165) is 50.9 Å². The van der Waals surface area contributed by atoms with Gasteiger partial charge in [-0.15, -0.1) is 0 Å². The molecule has 0 bridgehead atoms. The Morgan fingerprint density at radius 1 is 1.33 bits per heavy atom. The molecule has 0 saturated heterocycles. The molecule has 116 valence electrons. The lowest BCUT2D eigenvalue weighted by Crippen LogP contribution is -2.34. The van der Waals surface area contributed by atoms with Crippen molar-refractivity contribution in [2.24, 2.45) is 0 Å². The summed E-state index contributed by atoms with van der Waals surface area (Å²) in [5, 5.41) is 3.95. The third kappa shape index (κ3) is 4.37. The van der Waals surface area contributed by atoms with Crippen LogP contribution in [0.15, 0.2) is 18.2 Å². The molecule has 0 aliphatic heterocycles. The highest BCUT2D eigenvalue weighted by Gasteiger charge is 2.33. The van der Waals surface area contributed by atoms with Crippen molar-refractivity contribution >= 4 is 23.2 Å². The molecule has 1 aromatic carbocycles. The Balaban J connectivity index is 2.20. The fourth-order valence-electron chi connectivity index (χ4n) is 2.43. The maximum atomic E-state index is 12.9. The Labute approximate surface area is 132 Å². The van der Waals surface area contributed by atoms with Crippen LogP contribution in [-0.2, 0) is 0 Å². The standard InChI is InChI=1S/C17H25ClN2O/c1-3-5-11-20(14-7-8-14)17(21)15-12-13(18)6-9-16(15)19-10-4-2/h6,9,12,14,19H,3-5,7-8,10-11H2,1-2H3. The van der Waals surface area contributed by atoms with Crippen LogP contribution in [0.5, 0.6) is 0 Å². The first kappa shape index (κ1) is 16.2. The van der Waals surface area contributed by atoms with Crippen molar-refractivity contribution in [3.8, 4) is 0 Å². The van der Waals surface area contributed by atoms with E-state index in [-0.39, 0.29) is 5.91 Å². The summed E-state index contributed by atoms with van der Waals surface area (Å²) in [6.07, 6.45) is 5.45. The van der Waals surface area contributed by atoms with E-state index in [2.05, 4.69) is 19.2 Å². The molecule has 0 unspecified atom stereocenters. The van der Waals surface area contributed by atoms with Crippen LogP contribution in [0.25, 0.3) is 0 Å². The van der Waals surface area contributed by atoms with Gasteiger partial charge in [0.2, 0.25) is 0 Å². The van der Waals surface area contributed by atoms with Gasteiger partial charge < -0.3 is 10.2 Å². The highest BCUT2D eigenvalue weighted by molar-refractivity contribution is 6.31. The molecule has 2 rings (SSSR count). The smallest absolute Gasteiger partial charge is 0.256 e. The molecule has 0 atom stereocenters. The molecule has 0 spiro atoms. The zero-order valence-corrected chi connectivity index (χ0v) is 13.7. The minimum atomic E-state index is 0.118. The van der Waals surface area contributed by atoms with E-state index in [4.69, 9.17) is 11.6 Å². The van der Waals surface area contributed by atoms with E-state index < -0.39 is 0 Å². The predicted octanol–water partition coefficient (Wildman–Crippen LogP) is 4.57. The number of hydrogen-bond acceptors (Lipinski definition) is 2. The van der Waals surface area contributed by atoms with Gasteiger partial charge in [-0.05, 0) is 43.9 Å². The van der Waals surface area contributed by atoms with E-state index in [1.165, 1.54) is 0 Å². The van der Waals surface area contributed by atoms with Gasteiger partial charge in [0.15, 0.2) is 0 Å². The Morgan fingerprint density at radius 2 is 2.10 bits per heavy atom. The number of amides is 1. The molecule has 0 heterocycles. The monoisotopic (exact) mass is 308 g/mol. The number of anilines is 1. The molecule has 3 nitrogen and oxygen atoms in total. The summed E-state index contributed by atoms with van der Waals surface area (Å²) in [5.74, 6) is 0.118. The molecule has 1 fully saturated rings. The van der Waals surface area contributed by atoms with Gasteiger partial charge in [0.05, 0.1) is 5.56 Å². The predicted molar refractivity (Wildman–Crippen MR) is 89.2 cm³/mol. The van der Waals surface area contributed by atoms with Gasteiger partial charge in [-0.1, -0.05) is 31.9 Å². The molecular weight excluding hydrogens is 284 g/mol. The molecule has 1 aliphatic carbocycles. The van der Waals surface area contributed by atoms with Gasteiger partial charge in [0.25, 0.3) is 5.91 Å². The summed E-state index contributed by atoms with van der Waals surface area (Å²) >= 11 is 6.10. The van der Waals surface area contributed by atoms with Crippen LogP contribution >= 0.6 is 11.6 Å². The second-order valence-corrected chi connectivity index (χ2v) is 6.14. The molecule has 0 radical (unpaired) electrons. The van der Waals surface area contributed by atoms with Crippen molar-refractivity contribution in [2.45, 2.75) is 52.0 Å². The Bertz CT molecular complexity index is 486. The quantitative estimate of drug-likeness (QED) is 0.763. The van der Waals surface area contributed by atoms with Crippen LogP contribution in [0.3, 0.4) is 0 Å². The lowest BCUT2D eigenvalue weighted by atomic mass is 10.1. The molecular formula is C17H25ClN2O. The van der Waals surface area contributed by atoms with Gasteiger partial charge in [0.1, 0.15) is 0 Å². The first-order chi connectivity index (χ1) is 10.2. The van der Waals surface area contributed by atoms with Crippen LogP contribution in [-0.4, -0.2) is 29.9 Å². The number of carbonyl (C=O) groups excluding carboxylic acids is 1. The van der Waals surface area contributed by atoms with Crippen LogP contribution in [0.1, 0.15) is 56.3 Å². The molecule has 0 aromatic heterocycles. The largest absolute Gasteiger partial charge is 0.384 e. The summed E-state index contributed by atoms with van der Waals surface area (Å²) in [7, 11) is 0. The molecule has 21 heavy (non-hydrogen) atoms. The SMILES string of the molecule is CCCCN(C(=O)c1cc(Cl)ccc1NCCC)C1CC1. The number of nitrogens with zero attached hydrogens (tertiary/aromatic N) is 1. The average molecular weight is 309 g/mol. The number of rotatable bonds is 8. The van der Waals surface area contributed by atoms with Gasteiger partial charge in [0, 0.05) is 29.8 Å². The van der Waals surface area contributed by atoms with Crippen molar-refractivity contribution in [2.75, 3.05) is 18.4 Å². The van der Waals surface area contributed by atoms with Gasteiger partial charge in [-0.2, -0.15) is 0 Å². The van der Waals surface area contributed by atoms with E-state index >= 15 is 0 Å². The van der Waals surface area contributed by atoms with Crippen molar-refractivity contribution in [1.29, 1.82) is 0 Å². The average Bonchev–Trinajstić information content (AvgIpc) is 3.31. The molecule has 1 aromatic rings. The lowest BCUT2D eigenvalue weighted by molar-refractivity contribution is 0.0741. The third-order valence-corrected chi connectivity index (χ3v) is 4.01. The third-order valence-electron chi connectivity index (χ3n) is 3.78. The number of unbranched alkanes of at least 4 members (excludes halogenated alkanes) is 1. The molecule has 1 N–H and O–H groups in total. The van der Waals surface area contributed by atoms with E-state index in [0.29, 0.717) is 16.6 Å². The highest BCUT2D eigenvalue weighted by Crippen LogP contribution is 2.31. The summed E-state index contributed by atoms with van der Waals surface area (Å²) < 4.78 is 0. The fraction of sp³-hybridized carbons (Fsp3) is 0.588. The maximum Gasteiger partial charge on any atom is 0.256 e.